The van der Waals surface area contributed by atoms with Gasteiger partial charge in [-0.25, -0.2) is 4.98 Å². The fraction of sp³-hybridized carbons (Fsp3) is 0.667. The maximum Gasteiger partial charge on any atom is 0.204 e. The molecule has 0 bridgehead atoms. The predicted molar refractivity (Wildman–Crippen MR) is 71.8 cm³/mol. The Morgan fingerprint density at radius 2 is 2.24 bits per heavy atom. The van der Waals surface area contributed by atoms with E-state index in [2.05, 4.69) is 22.4 Å². The van der Waals surface area contributed by atoms with E-state index in [9.17, 15) is 0 Å². The number of amidine groups is 1. The SMILES string of the molecule is CCN=C1CCN(c2nc3c(s2)CCCC3)N1. The van der Waals surface area contributed by atoms with Crippen molar-refractivity contribution < 1.29 is 0 Å². The Morgan fingerprint density at radius 3 is 3.06 bits per heavy atom. The van der Waals surface area contributed by atoms with Crippen molar-refractivity contribution in [2.24, 2.45) is 4.99 Å². The molecule has 1 aliphatic carbocycles. The minimum atomic E-state index is 0.852. The van der Waals surface area contributed by atoms with Crippen LogP contribution in [0.3, 0.4) is 0 Å². The molecule has 0 spiro atoms. The van der Waals surface area contributed by atoms with E-state index in [-0.39, 0.29) is 0 Å². The third kappa shape index (κ3) is 2.16. The molecule has 3 rings (SSSR count). The zero-order chi connectivity index (χ0) is 11.7. The van der Waals surface area contributed by atoms with E-state index in [1.54, 1.807) is 0 Å². The zero-order valence-electron chi connectivity index (χ0n) is 10.2. The highest BCUT2D eigenvalue weighted by Gasteiger charge is 2.23. The minimum Gasteiger partial charge on any atom is -0.283 e. The summed E-state index contributed by atoms with van der Waals surface area (Å²) in [6.07, 6.45) is 6.02. The summed E-state index contributed by atoms with van der Waals surface area (Å²) in [4.78, 5) is 10.7. The lowest BCUT2D eigenvalue weighted by molar-refractivity contribution is 0.681. The average Bonchev–Trinajstić information content (AvgIpc) is 2.94. The Balaban J connectivity index is 1.77. The molecule has 1 aromatic heterocycles. The molecule has 0 saturated carbocycles. The lowest BCUT2D eigenvalue weighted by Gasteiger charge is -2.13. The number of rotatable bonds is 2. The second kappa shape index (κ2) is 4.64. The molecule has 1 saturated heterocycles. The second-order valence-electron chi connectivity index (χ2n) is 4.51. The molecule has 1 aromatic rings. The first-order valence-corrected chi connectivity index (χ1v) is 7.24. The molecular formula is C12H18N4S. The Kier molecular flexibility index (Phi) is 3.01. The number of nitrogens with one attached hydrogen (secondary N) is 1. The molecule has 17 heavy (non-hydrogen) atoms. The second-order valence-corrected chi connectivity index (χ2v) is 5.57. The highest BCUT2D eigenvalue weighted by molar-refractivity contribution is 7.15. The third-order valence-electron chi connectivity index (χ3n) is 3.25. The van der Waals surface area contributed by atoms with Crippen LogP contribution in [0.15, 0.2) is 4.99 Å². The highest BCUT2D eigenvalue weighted by Crippen LogP contribution is 2.31. The van der Waals surface area contributed by atoms with Crippen LogP contribution >= 0.6 is 11.3 Å². The molecular weight excluding hydrogens is 232 g/mol. The van der Waals surface area contributed by atoms with Crippen LogP contribution in [-0.4, -0.2) is 23.9 Å². The molecule has 92 valence electrons. The fourth-order valence-electron chi connectivity index (χ4n) is 2.39. The lowest BCUT2D eigenvalue weighted by Crippen LogP contribution is -2.33. The van der Waals surface area contributed by atoms with Gasteiger partial charge in [-0.15, -0.1) is 11.3 Å². The van der Waals surface area contributed by atoms with Crippen LogP contribution in [0.4, 0.5) is 5.13 Å². The van der Waals surface area contributed by atoms with E-state index in [0.29, 0.717) is 0 Å². The molecule has 2 heterocycles. The molecule has 1 fully saturated rings. The van der Waals surface area contributed by atoms with E-state index in [0.717, 1.165) is 36.9 Å². The largest absolute Gasteiger partial charge is 0.283 e. The monoisotopic (exact) mass is 250 g/mol. The van der Waals surface area contributed by atoms with Gasteiger partial charge in [0.2, 0.25) is 5.13 Å². The van der Waals surface area contributed by atoms with Crippen LogP contribution in [0.1, 0.15) is 36.8 Å². The molecule has 2 aliphatic rings. The number of thiazole rings is 1. The summed E-state index contributed by atoms with van der Waals surface area (Å²) < 4.78 is 0. The van der Waals surface area contributed by atoms with Crippen LogP contribution in [-0.2, 0) is 12.8 Å². The average molecular weight is 250 g/mol. The first-order chi connectivity index (χ1) is 8.36. The molecule has 0 unspecified atom stereocenters. The summed E-state index contributed by atoms with van der Waals surface area (Å²) in [5.41, 5.74) is 4.68. The Bertz CT molecular complexity index is 414. The van der Waals surface area contributed by atoms with Crippen LogP contribution < -0.4 is 10.4 Å². The molecule has 4 nitrogen and oxygen atoms in total. The summed E-state index contributed by atoms with van der Waals surface area (Å²) in [6, 6.07) is 0. The number of hydrogen-bond donors (Lipinski definition) is 1. The smallest absolute Gasteiger partial charge is 0.204 e. The number of fused-ring (bicyclic) bond motifs is 1. The van der Waals surface area contributed by atoms with Crippen molar-refractivity contribution >= 4 is 22.3 Å². The van der Waals surface area contributed by atoms with Crippen molar-refractivity contribution in [2.45, 2.75) is 39.0 Å². The van der Waals surface area contributed by atoms with Gasteiger partial charge in [0.15, 0.2) is 0 Å². The Hall–Kier alpha value is -1.10. The van der Waals surface area contributed by atoms with Crippen LogP contribution in [0, 0.1) is 0 Å². The third-order valence-corrected chi connectivity index (χ3v) is 4.43. The summed E-state index contributed by atoms with van der Waals surface area (Å²) >= 11 is 1.85. The van der Waals surface area contributed by atoms with Gasteiger partial charge in [-0.05, 0) is 32.6 Å². The van der Waals surface area contributed by atoms with Crippen molar-refractivity contribution in [1.82, 2.24) is 10.4 Å². The summed E-state index contributed by atoms with van der Waals surface area (Å²) in [5, 5.41) is 3.27. The molecule has 1 aliphatic heterocycles. The molecule has 0 aromatic carbocycles. The molecule has 0 radical (unpaired) electrons. The van der Waals surface area contributed by atoms with E-state index >= 15 is 0 Å². The van der Waals surface area contributed by atoms with E-state index in [4.69, 9.17) is 4.98 Å². The fourth-order valence-corrected chi connectivity index (χ4v) is 3.52. The van der Waals surface area contributed by atoms with Gasteiger partial charge in [-0.1, -0.05) is 0 Å². The Morgan fingerprint density at radius 1 is 1.35 bits per heavy atom. The quantitative estimate of drug-likeness (QED) is 0.874. The number of anilines is 1. The van der Waals surface area contributed by atoms with Crippen molar-refractivity contribution in [3.05, 3.63) is 10.6 Å². The standard InChI is InChI=1S/C12H18N4S/c1-2-13-11-7-8-16(15-11)12-14-9-5-3-4-6-10(9)17-12/h2-8H2,1H3,(H,13,15). The Labute approximate surface area is 106 Å². The van der Waals surface area contributed by atoms with Gasteiger partial charge in [-0.2, -0.15) is 0 Å². The van der Waals surface area contributed by atoms with E-state index < -0.39 is 0 Å². The van der Waals surface area contributed by atoms with Gasteiger partial charge in [0.1, 0.15) is 5.84 Å². The van der Waals surface area contributed by atoms with Crippen molar-refractivity contribution in [3.8, 4) is 0 Å². The van der Waals surface area contributed by atoms with Gasteiger partial charge < -0.3 is 0 Å². The minimum absolute atomic E-state index is 0.852. The number of aliphatic imine (C=N–C) groups is 1. The predicted octanol–water partition coefficient (Wildman–Crippen LogP) is 2.16. The van der Waals surface area contributed by atoms with Gasteiger partial charge in [0.05, 0.1) is 5.69 Å². The van der Waals surface area contributed by atoms with Crippen LogP contribution in [0.2, 0.25) is 0 Å². The number of hydrogen-bond acceptors (Lipinski definition) is 4. The molecule has 1 N–H and O–H groups in total. The van der Waals surface area contributed by atoms with Crippen molar-refractivity contribution in [1.29, 1.82) is 0 Å². The first-order valence-electron chi connectivity index (χ1n) is 6.43. The van der Waals surface area contributed by atoms with Crippen LogP contribution in [0.25, 0.3) is 0 Å². The summed E-state index contributed by atoms with van der Waals surface area (Å²) in [6.45, 7) is 3.91. The maximum atomic E-state index is 4.75. The number of aromatic nitrogens is 1. The van der Waals surface area contributed by atoms with Gasteiger partial charge in [0, 0.05) is 24.4 Å². The van der Waals surface area contributed by atoms with Gasteiger partial charge >= 0.3 is 0 Å². The van der Waals surface area contributed by atoms with Crippen LogP contribution in [0.5, 0.6) is 0 Å². The number of aryl methyl sites for hydroxylation is 2. The van der Waals surface area contributed by atoms with E-state index in [1.165, 1.54) is 29.8 Å². The first kappa shape index (κ1) is 11.0. The normalized spacial score (nSPS) is 21.7. The van der Waals surface area contributed by atoms with Gasteiger partial charge in [0.25, 0.3) is 0 Å². The van der Waals surface area contributed by atoms with Gasteiger partial charge in [-0.3, -0.25) is 15.4 Å². The number of hydrazine groups is 1. The molecule has 0 amide bonds. The van der Waals surface area contributed by atoms with Crippen molar-refractivity contribution in [2.75, 3.05) is 18.1 Å². The number of nitrogens with zero attached hydrogens (tertiary/aromatic N) is 3. The molecule has 0 atom stereocenters. The topological polar surface area (TPSA) is 40.5 Å². The lowest BCUT2D eigenvalue weighted by atomic mass is 10.0. The summed E-state index contributed by atoms with van der Waals surface area (Å²) in [5.74, 6) is 1.10. The summed E-state index contributed by atoms with van der Waals surface area (Å²) in [7, 11) is 0. The zero-order valence-corrected chi connectivity index (χ0v) is 11.0. The maximum absolute atomic E-state index is 4.75. The molecule has 5 heteroatoms. The van der Waals surface area contributed by atoms with E-state index in [1.807, 2.05) is 11.3 Å². The highest BCUT2D eigenvalue weighted by atomic mass is 32.1. The van der Waals surface area contributed by atoms with Crippen molar-refractivity contribution in [3.63, 3.8) is 0 Å².